The maximum absolute atomic E-state index is 14.1. The molecular formula is C23H27F2NS. The maximum atomic E-state index is 14.1. The van der Waals surface area contributed by atoms with E-state index in [0.717, 1.165) is 30.3 Å². The summed E-state index contributed by atoms with van der Waals surface area (Å²) in [6.45, 7) is 10.7. The normalized spacial score (nSPS) is 12.4. The molecule has 4 heteroatoms. The summed E-state index contributed by atoms with van der Waals surface area (Å²) >= 11 is 1.56. The number of rotatable bonds is 10. The molecule has 0 bridgehead atoms. The van der Waals surface area contributed by atoms with Crippen LogP contribution in [0.4, 0.5) is 14.5 Å². The molecule has 0 aliphatic rings. The van der Waals surface area contributed by atoms with Crippen molar-refractivity contribution < 1.29 is 8.78 Å². The van der Waals surface area contributed by atoms with E-state index < -0.39 is 5.92 Å². The Hall–Kier alpha value is -2.07. The third-order valence-corrected chi connectivity index (χ3v) is 5.28. The molecule has 0 heterocycles. The van der Waals surface area contributed by atoms with Gasteiger partial charge in [-0.25, -0.2) is 8.78 Å². The number of allylic oxidation sites excluding steroid dienone is 1. The predicted octanol–water partition coefficient (Wildman–Crippen LogP) is 7.34. The maximum Gasteiger partial charge on any atom is 0.270 e. The van der Waals surface area contributed by atoms with Crippen molar-refractivity contribution in [3.63, 3.8) is 0 Å². The third-order valence-electron chi connectivity index (χ3n) is 4.45. The molecule has 2 rings (SSSR count). The molecule has 0 fully saturated rings. The largest absolute Gasteiger partial charge is 0.359 e. The Morgan fingerprint density at radius 1 is 1.22 bits per heavy atom. The van der Waals surface area contributed by atoms with E-state index in [4.69, 9.17) is 0 Å². The summed E-state index contributed by atoms with van der Waals surface area (Å²) in [4.78, 5) is 0. The molecule has 0 saturated heterocycles. The molecule has 1 nitrogen and oxygen atoms in total. The molecule has 0 aromatic heterocycles. The summed E-state index contributed by atoms with van der Waals surface area (Å²) in [6, 6.07) is 14.9. The lowest BCUT2D eigenvalue weighted by Crippen LogP contribution is -2.16. The van der Waals surface area contributed by atoms with E-state index in [1.54, 1.807) is 23.2 Å². The molecule has 1 N–H and O–H groups in total. The van der Waals surface area contributed by atoms with Gasteiger partial charge in [0.05, 0.1) is 0 Å². The Balaban J connectivity index is 2.32. The van der Waals surface area contributed by atoms with E-state index in [1.807, 2.05) is 37.3 Å². The first-order valence-corrected chi connectivity index (χ1v) is 10.1. The highest BCUT2D eigenvalue weighted by Crippen LogP contribution is 2.36. The average molecular weight is 388 g/mol. The lowest BCUT2D eigenvalue weighted by Gasteiger charge is -2.23. The topological polar surface area (TPSA) is 12.0 Å². The van der Waals surface area contributed by atoms with Crippen LogP contribution in [0.15, 0.2) is 72.8 Å². The number of anilines is 1. The number of benzene rings is 2. The second kappa shape index (κ2) is 9.75. The summed E-state index contributed by atoms with van der Waals surface area (Å²) in [6.07, 6.45) is 1.53. The number of alkyl halides is 2. The van der Waals surface area contributed by atoms with Crippen LogP contribution < -0.4 is 5.32 Å². The number of halogens is 2. The van der Waals surface area contributed by atoms with E-state index >= 15 is 0 Å². The van der Waals surface area contributed by atoms with Crippen LogP contribution in [0.3, 0.4) is 0 Å². The van der Waals surface area contributed by atoms with E-state index in [1.165, 1.54) is 6.07 Å². The van der Waals surface area contributed by atoms with E-state index in [2.05, 4.69) is 24.5 Å². The van der Waals surface area contributed by atoms with Crippen molar-refractivity contribution in [3.8, 4) is 0 Å². The third kappa shape index (κ3) is 6.24. The molecule has 0 amide bonds. The quantitative estimate of drug-likeness (QED) is 0.458. The van der Waals surface area contributed by atoms with Crippen LogP contribution in [0.1, 0.15) is 42.9 Å². The lowest BCUT2D eigenvalue weighted by molar-refractivity contribution is 0.0162. The van der Waals surface area contributed by atoms with Crippen molar-refractivity contribution in [2.75, 3.05) is 11.1 Å². The highest BCUT2D eigenvalue weighted by molar-refractivity contribution is 8.02. The Labute approximate surface area is 165 Å². The van der Waals surface area contributed by atoms with Crippen molar-refractivity contribution >= 4 is 17.4 Å². The van der Waals surface area contributed by atoms with Gasteiger partial charge in [0.1, 0.15) is 0 Å². The molecular weight excluding hydrogens is 360 g/mol. The van der Waals surface area contributed by atoms with Crippen LogP contribution in [-0.4, -0.2) is 5.75 Å². The molecule has 1 unspecified atom stereocenters. The molecule has 1 atom stereocenters. The molecule has 2 aromatic rings. The van der Waals surface area contributed by atoms with Crippen molar-refractivity contribution in [1.29, 1.82) is 0 Å². The highest BCUT2D eigenvalue weighted by atomic mass is 32.2. The molecule has 0 aliphatic carbocycles. The molecule has 2 aromatic carbocycles. The zero-order valence-electron chi connectivity index (χ0n) is 16.0. The van der Waals surface area contributed by atoms with Crippen LogP contribution >= 0.6 is 11.8 Å². The molecule has 0 aliphatic heterocycles. The minimum absolute atomic E-state index is 0.0281. The van der Waals surface area contributed by atoms with Gasteiger partial charge >= 0.3 is 0 Å². The van der Waals surface area contributed by atoms with Gasteiger partial charge in [-0.3, -0.25) is 0 Å². The molecule has 0 spiro atoms. The van der Waals surface area contributed by atoms with Crippen LogP contribution in [0.25, 0.3) is 0 Å². The lowest BCUT2D eigenvalue weighted by atomic mass is 9.88. The first-order chi connectivity index (χ1) is 12.8. The van der Waals surface area contributed by atoms with Crippen LogP contribution in [0.5, 0.6) is 0 Å². The Morgan fingerprint density at radius 2 is 1.96 bits per heavy atom. The second-order valence-corrected chi connectivity index (χ2v) is 7.66. The van der Waals surface area contributed by atoms with Crippen LogP contribution in [0, 0.1) is 0 Å². The van der Waals surface area contributed by atoms with Crippen molar-refractivity contribution in [3.05, 3.63) is 89.5 Å². The molecule has 27 heavy (non-hydrogen) atoms. The monoisotopic (exact) mass is 387 g/mol. The van der Waals surface area contributed by atoms with Gasteiger partial charge in [-0.1, -0.05) is 56.5 Å². The fourth-order valence-corrected chi connectivity index (χ4v) is 3.71. The van der Waals surface area contributed by atoms with E-state index in [9.17, 15) is 8.78 Å². The average Bonchev–Trinajstić information content (AvgIpc) is 2.64. The summed E-state index contributed by atoms with van der Waals surface area (Å²) in [7, 11) is 0. The fraction of sp³-hybridized carbons (Fsp3) is 0.304. The first kappa shape index (κ1) is 21.2. The summed E-state index contributed by atoms with van der Waals surface area (Å²) < 4.78 is 28.3. The fourth-order valence-electron chi connectivity index (χ4n) is 3.05. The minimum atomic E-state index is -2.87. The van der Waals surface area contributed by atoms with Crippen molar-refractivity contribution in [2.24, 2.45) is 0 Å². The van der Waals surface area contributed by atoms with Crippen LogP contribution in [-0.2, 0) is 12.3 Å². The first-order valence-electron chi connectivity index (χ1n) is 9.08. The van der Waals surface area contributed by atoms with Crippen molar-refractivity contribution in [1.82, 2.24) is 0 Å². The smallest absolute Gasteiger partial charge is 0.270 e. The Morgan fingerprint density at radius 3 is 2.63 bits per heavy atom. The second-order valence-electron chi connectivity index (χ2n) is 6.66. The zero-order chi connectivity index (χ0) is 19.9. The number of hydrogen-bond acceptors (Lipinski definition) is 2. The summed E-state index contributed by atoms with van der Waals surface area (Å²) in [5.41, 5.74) is 3.84. The zero-order valence-corrected chi connectivity index (χ0v) is 16.8. The van der Waals surface area contributed by atoms with Gasteiger partial charge in [-0.05, 0) is 47.4 Å². The van der Waals surface area contributed by atoms with Gasteiger partial charge in [0.25, 0.3) is 5.92 Å². The van der Waals surface area contributed by atoms with Gasteiger partial charge in [-0.15, -0.1) is 11.8 Å². The van der Waals surface area contributed by atoms with Gasteiger partial charge in [0.2, 0.25) is 0 Å². The summed E-state index contributed by atoms with van der Waals surface area (Å²) in [5.74, 6) is -2.19. The van der Waals surface area contributed by atoms with E-state index in [-0.39, 0.29) is 11.5 Å². The highest BCUT2D eigenvalue weighted by Gasteiger charge is 2.29. The molecule has 144 valence electrons. The number of thioether (sulfide) groups is 1. The number of hydrogen-bond donors (Lipinski definition) is 1. The van der Waals surface area contributed by atoms with Gasteiger partial charge < -0.3 is 5.32 Å². The predicted molar refractivity (Wildman–Crippen MR) is 115 cm³/mol. The Bertz CT molecular complexity index is 780. The van der Waals surface area contributed by atoms with Crippen molar-refractivity contribution in [2.45, 2.75) is 38.5 Å². The van der Waals surface area contributed by atoms with Gasteiger partial charge in [0.15, 0.2) is 0 Å². The molecule has 0 radical (unpaired) electrons. The Kier molecular flexibility index (Phi) is 7.66. The summed E-state index contributed by atoms with van der Waals surface area (Å²) in [5, 5.41) is 5.05. The SMILES string of the molecule is C=CSCC(Cc1cccc(NC(=C)CC)c1)c1ccccc1C(C)(F)F. The van der Waals surface area contributed by atoms with Gasteiger partial charge in [0, 0.05) is 29.6 Å². The number of nitrogens with one attached hydrogen (secondary N) is 1. The molecule has 0 saturated carbocycles. The van der Waals surface area contributed by atoms with E-state index in [0.29, 0.717) is 17.7 Å². The van der Waals surface area contributed by atoms with Crippen LogP contribution in [0.2, 0.25) is 0 Å². The minimum Gasteiger partial charge on any atom is -0.359 e. The standard InChI is InChI=1S/C23H27F2NS/c1-5-17(3)26-20-11-9-10-18(15-20)14-19(16-27-6-2)21-12-7-8-13-22(21)23(4,24)25/h6-13,15,19,26H,2-3,5,14,16H2,1,4H3. The van der Waals surface area contributed by atoms with Gasteiger partial charge in [-0.2, -0.15) is 0 Å².